The zero-order chi connectivity index (χ0) is 17.2. The number of benzene rings is 2. The minimum Gasteiger partial charge on any atom is -0.508 e. The average molecular weight is 335 g/mol. The smallest absolute Gasteiger partial charge is 0.120 e. The van der Waals surface area contributed by atoms with E-state index in [1.807, 2.05) is 6.07 Å². The summed E-state index contributed by atoms with van der Waals surface area (Å²) in [5.74, 6) is 0.408. The highest BCUT2D eigenvalue weighted by Crippen LogP contribution is 2.21. The summed E-state index contributed by atoms with van der Waals surface area (Å²) in [6, 6.07) is 16.5. The number of hydrogen-bond acceptors (Lipinski definition) is 3. The maximum absolute atomic E-state index is 10.0. The van der Waals surface area contributed by atoms with Gasteiger partial charge in [0.2, 0.25) is 0 Å². The lowest BCUT2D eigenvalue weighted by atomic mass is 10.1. The predicted octanol–water partition coefficient (Wildman–Crippen LogP) is 3.50. The summed E-state index contributed by atoms with van der Waals surface area (Å²) in [5.41, 5.74) is 4.73. The second kappa shape index (κ2) is 6.90. The Morgan fingerprint density at radius 1 is 0.920 bits per heavy atom. The lowest BCUT2D eigenvalue weighted by Crippen LogP contribution is -2.45. The Bertz CT molecular complexity index is 829. The Morgan fingerprint density at radius 3 is 2.40 bits per heavy atom. The van der Waals surface area contributed by atoms with Crippen LogP contribution >= 0.6 is 0 Å². The molecular formula is C21H25N3O. The number of phenols is 1. The Hall–Kier alpha value is -2.30. The fourth-order valence-electron chi connectivity index (χ4n) is 3.65. The van der Waals surface area contributed by atoms with Crippen LogP contribution in [-0.4, -0.2) is 46.1 Å². The molecule has 1 aromatic heterocycles. The third-order valence-corrected chi connectivity index (χ3v) is 5.07. The van der Waals surface area contributed by atoms with Gasteiger partial charge in [-0.2, -0.15) is 0 Å². The Morgan fingerprint density at radius 2 is 1.64 bits per heavy atom. The maximum atomic E-state index is 10.0. The number of aromatic hydroxyl groups is 1. The van der Waals surface area contributed by atoms with Crippen molar-refractivity contribution in [3.63, 3.8) is 0 Å². The molecule has 0 radical (unpaired) electrons. The number of aromatic nitrogens is 1. The van der Waals surface area contributed by atoms with E-state index < -0.39 is 0 Å². The molecule has 2 N–H and O–H groups in total. The number of phenolic OH excluding ortho intramolecular Hbond substituents is 1. The van der Waals surface area contributed by atoms with Crippen molar-refractivity contribution >= 4 is 10.9 Å². The molecule has 25 heavy (non-hydrogen) atoms. The van der Waals surface area contributed by atoms with Gasteiger partial charge in [-0.3, -0.25) is 9.80 Å². The molecular weight excluding hydrogens is 310 g/mol. The summed E-state index contributed by atoms with van der Waals surface area (Å²) in [5, 5.41) is 11.3. The lowest BCUT2D eigenvalue weighted by Gasteiger charge is -2.34. The Kier molecular flexibility index (Phi) is 4.47. The molecule has 1 fully saturated rings. The van der Waals surface area contributed by atoms with Crippen LogP contribution in [0.3, 0.4) is 0 Å². The predicted molar refractivity (Wildman–Crippen MR) is 102 cm³/mol. The summed E-state index contributed by atoms with van der Waals surface area (Å²) >= 11 is 0. The van der Waals surface area contributed by atoms with Crippen molar-refractivity contribution in [1.29, 1.82) is 0 Å². The van der Waals surface area contributed by atoms with Gasteiger partial charge in [-0.05, 0) is 30.5 Å². The summed E-state index contributed by atoms with van der Waals surface area (Å²) in [7, 11) is 0. The van der Waals surface area contributed by atoms with E-state index in [0.29, 0.717) is 5.75 Å². The number of fused-ring (bicyclic) bond motifs is 1. The Labute approximate surface area is 148 Å². The molecule has 4 rings (SSSR count). The number of piperazine rings is 1. The zero-order valence-corrected chi connectivity index (χ0v) is 14.7. The van der Waals surface area contributed by atoms with Crippen molar-refractivity contribution in [2.24, 2.45) is 0 Å². The molecule has 0 atom stereocenters. The van der Waals surface area contributed by atoms with Crippen LogP contribution < -0.4 is 0 Å². The van der Waals surface area contributed by atoms with E-state index in [1.54, 1.807) is 6.07 Å². The largest absolute Gasteiger partial charge is 0.508 e. The second-order valence-electron chi connectivity index (χ2n) is 7.07. The van der Waals surface area contributed by atoms with Gasteiger partial charge in [-0.25, -0.2) is 0 Å². The quantitative estimate of drug-likeness (QED) is 0.767. The van der Waals surface area contributed by atoms with E-state index in [9.17, 15) is 5.11 Å². The molecule has 1 saturated heterocycles. The van der Waals surface area contributed by atoms with E-state index in [4.69, 9.17) is 0 Å². The molecule has 2 heterocycles. The zero-order valence-electron chi connectivity index (χ0n) is 14.7. The number of hydrogen-bond donors (Lipinski definition) is 2. The van der Waals surface area contributed by atoms with Crippen molar-refractivity contribution < 1.29 is 5.11 Å². The monoisotopic (exact) mass is 335 g/mol. The first-order valence-corrected chi connectivity index (χ1v) is 8.97. The van der Waals surface area contributed by atoms with Crippen molar-refractivity contribution in [3.05, 3.63) is 65.4 Å². The van der Waals surface area contributed by atoms with Gasteiger partial charge in [0.15, 0.2) is 0 Å². The molecule has 4 heteroatoms. The second-order valence-corrected chi connectivity index (χ2v) is 7.07. The van der Waals surface area contributed by atoms with Crippen LogP contribution in [0, 0.1) is 6.92 Å². The third kappa shape index (κ3) is 3.70. The van der Waals surface area contributed by atoms with Gasteiger partial charge >= 0.3 is 0 Å². The van der Waals surface area contributed by atoms with Crippen molar-refractivity contribution in [1.82, 2.24) is 14.8 Å². The van der Waals surface area contributed by atoms with Crippen LogP contribution in [0.2, 0.25) is 0 Å². The van der Waals surface area contributed by atoms with E-state index in [2.05, 4.69) is 58.1 Å². The van der Waals surface area contributed by atoms with Crippen LogP contribution in [-0.2, 0) is 13.1 Å². The van der Waals surface area contributed by atoms with Gasteiger partial charge in [0.1, 0.15) is 5.75 Å². The molecule has 130 valence electrons. The van der Waals surface area contributed by atoms with E-state index in [0.717, 1.165) is 44.8 Å². The standard InChI is InChI=1S/C21H25N3O/c1-16-6-7-21(25)18(12-16)14-23-8-10-24(11-9-23)15-19-13-17-4-2-3-5-20(17)22-19/h2-7,12-13,22,25H,8-11,14-15H2,1H3. The highest BCUT2D eigenvalue weighted by molar-refractivity contribution is 5.80. The minimum atomic E-state index is 0.408. The third-order valence-electron chi connectivity index (χ3n) is 5.07. The molecule has 2 aromatic carbocycles. The van der Waals surface area contributed by atoms with Crippen LogP contribution in [0.1, 0.15) is 16.8 Å². The number of para-hydroxylation sites is 1. The van der Waals surface area contributed by atoms with Gasteiger partial charge in [0.05, 0.1) is 0 Å². The van der Waals surface area contributed by atoms with Crippen LogP contribution in [0.4, 0.5) is 0 Å². The molecule has 0 spiro atoms. The lowest BCUT2D eigenvalue weighted by molar-refractivity contribution is 0.120. The average Bonchev–Trinajstić information content (AvgIpc) is 3.02. The Balaban J connectivity index is 1.34. The molecule has 0 bridgehead atoms. The van der Waals surface area contributed by atoms with E-state index in [1.165, 1.54) is 22.2 Å². The maximum Gasteiger partial charge on any atom is 0.120 e. The molecule has 0 saturated carbocycles. The first-order chi connectivity index (χ1) is 12.2. The number of aryl methyl sites for hydroxylation is 1. The van der Waals surface area contributed by atoms with Gasteiger partial charge in [-0.15, -0.1) is 0 Å². The molecule has 3 aromatic rings. The minimum absolute atomic E-state index is 0.408. The number of aromatic amines is 1. The summed E-state index contributed by atoms with van der Waals surface area (Å²) < 4.78 is 0. The van der Waals surface area contributed by atoms with Gasteiger partial charge in [-0.1, -0.05) is 35.9 Å². The van der Waals surface area contributed by atoms with Crippen molar-refractivity contribution in [2.75, 3.05) is 26.2 Å². The molecule has 0 aliphatic carbocycles. The van der Waals surface area contributed by atoms with E-state index in [-0.39, 0.29) is 0 Å². The van der Waals surface area contributed by atoms with Crippen molar-refractivity contribution in [3.8, 4) is 5.75 Å². The highest BCUT2D eigenvalue weighted by Gasteiger charge is 2.18. The van der Waals surface area contributed by atoms with Gasteiger partial charge < -0.3 is 10.1 Å². The molecule has 0 amide bonds. The van der Waals surface area contributed by atoms with Crippen molar-refractivity contribution in [2.45, 2.75) is 20.0 Å². The SMILES string of the molecule is Cc1ccc(O)c(CN2CCN(Cc3cc4ccccc4[nH]3)CC2)c1. The van der Waals surface area contributed by atoms with Crippen LogP contribution in [0.15, 0.2) is 48.5 Å². The summed E-state index contributed by atoms with van der Waals surface area (Å²) in [6.45, 7) is 8.05. The fraction of sp³-hybridized carbons (Fsp3) is 0.333. The normalized spacial score (nSPS) is 16.5. The molecule has 0 unspecified atom stereocenters. The topological polar surface area (TPSA) is 42.5 Å². The molecule has 4 nitrogen and oxygen atoms in total. The molecule has 1 aliphatic heterocycles. The fourth-order valence-corrected chi connectivity index (χ4v) is 3.65. The van der Waals surface area contributed by atoms with E-state index >= 15 is 0 Å². The first kappa shape index (κ1) is 16.2. The first-order valence-electron chi connectivity index (χ1n) is 8.97. The summed E-state index contributed by atoms with van der Waals surface area (Å²) in [6.07, 6.45) is 0. The van der Waals surface area contributed by atoms with Crippen LogP contribution in [0.25, 0.3) is 10.9 Å². The van der Waals surface area contributed by atoms with Gasteiger partial charge in [0, 0.05) is 56.0 Å². The summed E-state index contributed by atoms with van der Waals surface area (Å²) in [4.78, 5) is 8.44. The number of rotatable bonds is 4. The van der Waals surface area contributed by atoms with Gasteiger partial charge in [0.25, 0.3) is 0 Å². The molecule has 1 aliphatic rings. The number of H-pyrrole nitrogens is 1. The number of nitrogens with one attached hydrogen (secondary N) is 1. The highest BCUT2D eigenvalue weighted by atomic mass is 16.3. The number of nitrogens with zero attached hydrogens (tertiary/aromatic N) is 2. The van der Waals surface area contributed by atoms with Crippen LogP contribution in [0.5, 0.6) is 5.75 Å².